The molecule has 13 N–H and O–H groups in total. The third-order valence-electron chi connectivity index (χ3n) is 20.2. The average molecular weight is 1080 g/mol. The molecule has 0 aromatic carbocycles. The van der Waals surface area contributed by atoms with Crippen LogP contribution >= 0.6 is 0 Å². The Hall–Kier alpha value is -1.25. The summed E-state index contributed by atoms with van der Waals surface area (Å²) in [6.07, 6.45) is -30.1. The zero-order valence-electron chi connectivity index (χ0n) is 42.9. The lowest BCUT2D eigenvalue weighted by Gasteiger charge is -2.60. The first-order valence-corrected chi connectivity index (χ1v) is 27.3. The van der Waals surface area contributed by atoms with E-state index in [4.69, 9.17) is 47.4 Å². The van der Waals surface area contributed by atoms with Gasteiger partial charge in [-0.25, -0.2) is 0 Å². The van der Waals surface area contributed by atoms with Crippen molar-refractivity contribution in [3.05, 3.63) is 0 Å². The molecule has 10 fully saturated rings. The van der Waals surface area contributed by atoms with Crippen LogP contribution in [0.2, 0.25) is 0 Å². The minimum Gasteiger partial charge on any atom is -0.394 e. The van der Waals surface area contributed by atoms with Gasteiger partial charge in [-0.15, -0.1) is 0 Å². The second kappa shape index (κ2) is 21.9. The monoisotopic (exact) mass is 1080 g/mol. The maximum Gasteiger partial charge on any atom is 0.187 e. The van der Waals surface area contributed by atoms with Crippen molar-refractivity contribution in [2.24, 2.45) is 52.3 Å². The van der Waals surface area contributed by atoms with Gasteiger partial charge in [0, 0.05) is 24.7 Å². The summed E-state index contributed by atoms with van der Waals surface area (Å²) >= 11 is 0. The van der Waals surface area contributed by atoms with E-state index in [1.165, 1.54) is 0 Å². The van der Waals surface area contributed by atoms with Gasteiger partial charge in [0.15, 0.2) is 30.9 Å². The van der Waals surface area contributed by atoms with Crippen LogP contribution in [0.4, 0.5) is 0 Å². The SMILES string of the molecule is CC1CC[C@@]2(OC1)OC1CC3C4CC(=O)[C@H]5C[C@@H](O[C@@H]6O[C@H](CO)[C@H](O[C@@H]7O[C@H](CO)[C@@H](O)[C@H](O[C@@H]8O[C@H](CO)[C@@H](O)[C@H](O)[C@H]8O)[C@H]7O[C@@H]7O[C@H](CO)[C@@H](O)[C@H](O)[C@H]7O)[C@H](O)[C@H]6O)CC[C@]5(C)C4CC[C@]3(C)C1[C@@H]2C. The van der Waals surface area contributed by atoms with E-state index in [2.05, 4.69) is 27.7 Å². The van der Waals surface area contributed by atoms with Crippen molar-refractivity contribution in [1.82, 2.24) is 0 Å². The summed E-state index contributed by atoms with van der Waals surface area (Å²) in [6, 6.07) is 0. The number of aliphatic hydroxyl groups excluding tert-OH is 13. The molecule has 4 saturated carbocycles. The van der Waals surface area contributed by atoms with Crippen LogP contribution in [-0.4, -0.2) is 246 Å². The number of carbonyl (C=O) groups excluding carboxylic acids is 1. The Morgan fingerprint density at radius 2 is 1.07 bits per heavy atom. The Bertz CT molecular complexity index is 1960. The number of carbonyl (C=O) groups is 1. The van der Waals surface area contributed by atoms with Crippen molar-refractivity contribution in [3.63, 3.8) is 0 Å². The standard InChI is InChI=1S/C51H82O24/c1-19-5-10-51(66-18-19)20(2)32-27(75-51)13-24-22-12-26(56)25-11-21(6-8-49(25,3)23(22)7-9-50(24,32)4)67-45-41(65)38(62)42(31(17-55)71-45)72-48-44(74-47-40(64)37(61)34(58)29(15-53)69-47)43(35(59)30(16-54)70-48)73-46-39(63)36(60)33(57)28(14-52)68-46/h19-25,27-48,52-55,57-65H,5-18H2,1-4H3/t19?,20-,21-,22?,23?,24?,25+,27?,28+,29+,30+,31+,32?,33+,34+,35+,36-,37-,38+,39+,40+,41+,42-,43-,44+,45+,46-,47-,48-,49+,50-,51+/m0/s1. The fourth-order valence-electron chi connectivity index (χ4n) is 15.9. The van der Waals surface area contributed by atoms with Gasteiger partial charge in [-0.3, -0.25) is 4.79 Å². The molecule has 0 amide bonds. The highest BCUT2D eigenvalue weighted by atomic mass is 16.8. The third kappa shape index (κ3) is 9.70. The van der Waals surface area contributed by atoms with Crippen LogP contribution in [-0.2, 0) is 52.2 Å². The molecule has 6 saturated heterocycles. The first-order chi connectivity index (χ1) is 35.6. The molecule has 10 aliphatic rings. The molecule has 0 aromatic heterocycles. The lowest BCUT2D eigenvalue weighted by Crippen LogP contribution is -2.68. The van der Waals surface area contributed by atoms with Crippen molar-refractivity contribution >= 4 is 5.78 Å². The Morgan fingerprint density at radius 3 is 1.67 bits per heavy atom. The number of rotatable bonds is 12. The summed E-state index contributed by atoms with van der Waals surface area (Å²) in [5.74, 6) is 1.33. The highest BCUT2D eigenvalue weighted by Gasteiger charge is 2.70. The van der Waals surface area contributed by atoms with Gasteiger partial charge >= 0.3 is 0 Å². The van der Waals surface area contributed by atoms with Gasteiger partial charge in [0.1, 0.15) is 103 Å². The van der Waals surface area contributed by atoms with Crippen LogP contribution in [0.15, 0.2) is 0 Å². The summed E-state index contributed by atoms with van der Waals surface area (Å²) in [6.45, 7) is 6.39. The normalized spacial score (nSPS) is 57.0. The highest BCUT2D eigenvalue weighted by Crippen LogP contribution is 2.71. The highest BCUT2D eigenvalue weighted by molar-refractivity contribution is 5.83. The predicted molar refractivity (Wildman–Crippen MR) is 249 cm³/mol. The van der Waals surface area contributed by atoms with Crippen LogP contribution in [0.5, 0.6) is 0 Å². The smallest absolute Gasteiger partial charge is 0.187 e. The van der Waals surface area contributed by atoms with Crippen molar-refractivity contribution in [2.45, 2.75) is 226 Å². The molecule has 24 heteroatoms. The van der Waals surface area contributed by atoms with E-state index in [1.54, 1.807) is 0 Å². The van der Waals surface area contributed by atoms with Gasteiger partial charge in [0.05, 0.1) is 45.2 Å². The summed E-state index contributed by atoms with van der Waals surface area (Å²) < 4.78 is 61.2. The van der Waals surface area contributed by atoms with Gasteiger partial charge < -0.3 is 114 Å². The van der Waals surface area contributed by atoms with E-state index in [0.29, 0.717) is 56.0 Å². The first-order valence-electron chi connectivity index (χ1n) is 27.3. The Kier molecular flexibility index (Phi) is 16.7. The first kappa shape index (κ1) is 57.0. The Balaban J connectivity index is 0.830. The van der Waals surface area contributed by atoms with Gasteiger partial charge in [-0.05, 0) is 85.4 Å². The number of aliphatic hydroxyl groups is 13. The topological polar surface area (TPSA) is 372 Å². The van der Waals surface area contributed by atoms with E-state index >= 15 is 0 Å². The predicted octanol–water partition coefficient (Wildman–Crippen LogP) is -3.73. The average Bonchev–Trinajstić information content (AvgIpc) is 3.85. The third-order valence-corrected chi connectivity index (χ3v) is 20.2. The van der Waals surface area contributed by atoms with Crippen LogP contribution in [0.3, 0.4) is 0 Å². The number of Topliss-reactive ketones (excluding diaryl/α,β-unsaturated/α-hetero) is 1. The molecule has 24 nitrogen and oxygen atoms in total. The molecule has 32 atom stereocenters. The molecule has 6 heterocycles. The van der Waals surface area contributed by atoms with Crippen molar-refractivity contribution in [2.75, 3.05) is 33.0 Å². The summed E-state index contributed by atoms with van der Waals surface area (Å²) in [5, 5.41) is 140. The van der Waals surface area contributed by atoms with Gasteiger partial charge in [-0.2, -0.15) is 0 Å². The molecule has 0 aromatic rings. The Labute approximate surface area is 435 Å². The number of fused-ring (bicyclic) bond motifs is 7. The molecule has 75 heavy (non-hydrogen) atoms. The molecule has 0 radical (unpaired) electrons. The Morgan fingerprint density at radius 1 is 0.533 bits per heavy atom. The quantitative estimate of drug-likeness (QED) is 0.0836. The summed E-state index contributed by atoms with van der Waals surface area (Å²) in [7, 11) is 0. The lowest BCUT2D eigenvalue weighted by atomic mass is 9.44. The van der Waals surface area contributed by atoms with E-state index < -0.39 is 161 Å². The number of hydrogen-bond acceptors (Lipinski definition) is 24. The van der Waals surface area contributed by atoms with Crippen LogP contribution in [0.1, 0.15) is 85.5 Å². The van der Waals surface area contributed by atoms with Crippen molar-refractivity contribution in [3.8, 4) is 0 Å². The summed E-state index contributed by atoms with van der Waals surface area (Å²) in [5.41, 5.74) is -0.274. The van der Waals surface area contributed by atoms with Gasteiger partial charge in [0.25, 0.3) is 0 Å². The van der Waals surface area contributed by atoms with E-state index in [0.717, 1.165) is 32.1 Å². The molecule has 1 spiro atoms. The molecular weight excluding hydrogens is 997 g/mol. The van der Waals surface area contributed by atoms with Crippen molar-refractivity contribution < 1.29 is 119 Å². The van der Waals surface area contributed by atoms with Crippen LogP contribution < -0.4 is 0 Å². The van der Waals surface area contributed by atoms with Crippen LogP contribution in [0.25, 0.3) is 0 Å². The fourth-order valence-corrected chi connectivity index (χ4v) is 15.9. The van der Waals surface area contributed by atoms with E-state index in [-0.39, 0.29) is 40.5 Å². The van der Waals surface area contributed by atoms with Crippen molar-refractivity contribution in [1.29, 1.82) is 0 Å². The number of hydrogen-bond donors (Lipinski definition) is 13. The minimum absolute atomic E-state index is 0.0256. The van der Waals surface area contributed by atoms with Gasteiger partial charge in [0.2, 0.25) is 0 Å². The largest absolute Gasteiger partial charge is 0.394 e. The molecule has 0 bridgehead atoms. The minimum atomic E-state index is -2.06. The fraction of sp³-hybridized carbons (Fsp3) is 0.980. The number of ether oxygens (including phenoxy) is 10. The maximum absolute atomic E-state index is 14.5. The molecule has 430 valence electrons. The van der Waals surface area contributed by atoms with E-state index in [1.807, 2.05) is 0 Å². The van der Waals surface area contributed by atoms with E-state index in [9.17, 15) is 71.2 Å². The number of ketones is 1. The maximum atomic E-state index is 14.5. The summed E-state index contributed by atoms with van der Waals surface area (Å²) in [4.78, 5) is 14.5. The lowest BCUT2D eigenvalue weighted by molar-refractivity contribution is -0.406. The molecule has 6 aliphatic heterocycles. The second-order valence-electron chi connectivity index (χ2n) is 24.3. The zero-order chi connectivity index (χ0) is 53.8. The molecular formula is C51H82O24. The zero-order valence-corrected chi connectivity index (χ0v) is 42.9. The molecule has 4 aliphatic carbocycles. The second-order valence-corrected chi connectivity index (χ2v) is 24.3. The van der Waals surface area contributed by atoms with Gasteiger partial charge in [-0.1, -0.05) is 27.7 Å². The molecule has 10 rings (SSSR count). The van der Waals surface area contributed by atoms with Crippen LogP contribution in [0, 0.1) is 52.3 Å². The molecule has 6 unspecified atom stereocenters.